The van der Waals surface area contributed by atoms with Crippen molar-refractivity contribution in [3.63, 3.8) is 0 Å². The molecule has 0 fully saturated rings. The second-order valence-corrected chi connectivity index (χ2v) is 3.97. The van der Waals surface area contributed by atoms with Gasteiger partial charge in [0.25, 0.3) is 0 Å². The Morgan fingerprint density at radius 3 is 2.29 bits per heavy atom. The first-order valence-electron chi connectivity index (χ1n) is 3.84. The molecule has 3 nitrogen and oxygen atoms in total. The molecule has 0 saturated carbocycles. The van der Waals surface area contributed by atoms with Crippen LogP contribution < -0.4 is 0 Å². The molecule has 0 aromatic heterocycles. The van der Waals surface area contributed by atoms with Gasteiger partial charge in [-0.25, -0.2) is 8.42 Å². The van der Waals surface area contributed by atoms with Crippen molar-refractivity contribution in [2.24, 2.45) is 0 Å². The third-order valence-corrected chi connectivity index (χ3v) is 2.69. The molecule has 0 aliphatic carbocycles. The Morgan fingerprint density at radius 2 is 1.86 bits per heavy atom. The van der Waals surface area contributed by atoms with Gasteiger partial charge < -0.3 is 4.55 Å². The van der Waals surface area contributed by atoms with Crippen molar-refractivity contribution < 1.29 is 13.0 Å². The number of rotatable bonds is 3. The molecule has 1 rings (SSSR count). The van der Waals surface area contributed by atoms with Crippen molar-refractivity contribution in [1.29, 1.82) is 0 Å². The van der Waals surface area contributed by atoms with Gasteiger partial charge in [-0.15, -0.1) is 0 Å². The van der Waals surface area contributed by atoms with Crippen molar-refractivity contribution in [2.45, 2.75) is 4.90 Å². The molecule has 1 aromatic rings. The summed E-state index contributed by atoms with van der Waals surface area (Å²) in [4.78, 5) is -0.259. The Bertz CT molecular complexity index is 472. The first-order chi connectivity index (χ1) is 6.50. The van der Waals surface area contributed by atoms with Crippen LogP contribution in [0.3, 0.4) is 0 Å². The van der Waals surface area contributed by atoms with Gasteiger partial charge in [-0.1, -0.05) is 37.4 Å². The van der Waals surface area contributed by atoms with E-state index in [0.717, 1.165) is 0 Å². The van der Waals surface area contributed by atoms with Gasteiger partial charge in [-0.3, -0.25) is 0 Å². The van der Waals surface area contributed by atoms with E-state index in [9.17, 15) is 13.0 Å². The van der Waals surface area contributed by atoms with Crippen molar-refractivity contribution in [3.8, 4) is 0 Å². The second-order valence-electron chi connectivity index (χ2n) is 2.62. The maximum Gasteiger partial charge on any atom is 0.125 e. The molecule has 0 heterocycles. The fraction of sp³-hybridized carbons (Fsp3) is 0. The molecule has 0 bridgehead atoms. The van der Waals surface area contributed by atoms with Crippen LogP contribution in [0.25, 0.3) is 12.2 Å². The van der Waals surface area contributed by atoms with Gasteiger partial charge in [0.2, 0.25) is 0 Å². The minimum Gasteiger partial charge on any atom is -0.744 e. The maximum atomic E-state index is 10.8. The summed E-state index contributed by atoms with van der Waals surface area (Å²) in [6.45, 7) is 6.98. The van der Waals surface area contributed by atoms with Crippen LogP contribution in [-0.4, -0.2) is 13.0 Å². The van der Waals surface area contributed by atoms with Crippen LogP contribution in [0, 0.1) is 0 Å². The van der Waals surface area contributed by atoms with E-state index < -0.39 is 10.1 Å². The molecule has 1 aromatic carbocycles. The highest BCUT2D eigenvalue weighted by Gasteiger charge is 2.08. The number of benzene rings is 1. The van der Waals surface area contributed by atoms with Crippen molar-refractivity contribution >= 4 is 22.3 Å². The molecule has 0 spiro atoms. The quantitative estimate of drug-likeness (QED) is 0.714. The van der Waals surface area contributed by atoms with Crippen LogP contribution in [0.15, 0.2) is 36.3 Å². The highest BCUT2D eigenvalue weighted by Crippen LogP contribution is 2.21. The molecule has 0 amide bonds. The maximum absolute atomic E-state index is 10.8. The fourth-order valence-corrected chi connectivity index (χ4v) is 1.89. The zero-order valence-corrected chi connectivity index (χ0v) is 8.25. The molecule has 0 radical (unpaired) electrons. The number of hydrogen-bond acceptors (Lipinski definition) is 3. The Balaban J connectivity index is 3.61. The monoisotopic (exact) mass is 209 g/mol. The highest BCUT2D eigenvalue weighted by atomic mass is 32.2. The first kappa shape index (κ1) is 10.7. The lowest BCUT2D eigenvalue weighted by atomic mass is 10.1. The second kappa shape index (κ2) is 3.77. The first-order valence-corrected chi connectivity index (χ1v) is 5.25. The molecular formula is C10H9O3S-. The third-order valence-electron chi connectivity index (χ3n) is 1.79. The zero-order chi connectivity index (χ0) is 10.8. The van der Waals surface area contributed by atoms with Gasteiger partial charge in [-0.2, -0.15) is 0 Å². The summed E-state index contributed by atoms with van der Waals surface area (Å²) in [5.74, 6) is 0. The number of hydrogen-bond donors (Lipinski definition) is 0. The summed E-state index contributed by atoms with van der Waals surface area (Å²) < 4.78 is 32.5. The topological polar surface area (TPSA) is 57.2 Å². The van der Waals surface area contributed by atoms with E-state index in [2.05, 4.69) is 13.2 Å². The van der Waals surface area contributed by atoms with Gasteiger partial charge in [0.05, 0.1) is 4.90 Å². The predicted molar refractivity (Wildman–Crippen MR) is 54.6 cm³/mol. The SMILES string of the molecule is C=Cc1cccc(S(=O)(=O)[O-])c1C=C. The lowest BCUT2D eigenvalue weighted by molar-refractivity contribution is 0.463. The molecule has 0 saturated heterocycles. The van der Waals surface area contributed by atoms with E-state index in [-0.39, 0.29) is 4.90 Å². The largest absolute Gasteiger partial charge is 0.744 e. The molecule has 0 unspecified atom stereocenters. The lowest BCUT2D eigenvalue weighted by Gasteiger charge is -2.12. The normalized spacial score (nSPS) is 10.9. The van der Waals surface area contributed by atoms with Crippen LogP contribution in [-0.2, 0) is 10.1 Å². The Kier molecular flexibility index (Phi) is 2.88. The van der Waals surface area contributed by atoms with Gasteiger partial charge in [0, 0.05) is 0 Å². The third kappa shape index (κ3) is 1.92. The summed E-state index contributed by atoms with van der Waals surface area (Å²) in [7, 11) is -4.45. The van der Waals surface area contributed by atoms with E-state index in [1.165, 1.54) is 24.3 Å². The van der Waals surface area contributed by atoms with E-state index in [1.54, 1.807) is 6.07 Å². The fourth-order valence-electron chi connectivity index (χ4n) is 1.18. The minimum atomic E-state index is -4.45. The zero-order valence-electron chi connectivity index (χ0n) is 7.43. The lowest BCUT2D eigenvalue weighted by Crippen LogP contribution is -2.02. The van der Waals surface area contributed by atoms with Crippen molar-refractivity contribution in [1.82, 2.24) is 0 Å². The molecule has 0 aliphatic rings. The van der Waals surface area contributed by atoms with Crippen LogP contribution in [0.5, 0.6) is 0 Å². The molecule has 0 aliphatic heterocycles. The highest BCUT2D eigenvalue weighted by molar-refractivity contribution is 7.85. The summed E-state index contributed by atoms with van der Waals surface area (Å²) in [5, 5.41) is 0. The van der Waals surface area contributed by atoms with Gasteiger partial charge in [0.1, 0.15) is 10.1 Å². The van der Waals surface area contributed by atoms with Crippen LogP contribution >= 0.6 is 0 Å². The van der Waals surface area contributed by atoms with E-state index in [1.807, 2.05) is 0 Å². The van der Waals surface area contributed by atoms with E-state index in [0.29, 0.717) is 11.1 Å². The van der Waals surface area contributed by atoms with Gasteiger partial charge >= 0.3 is 0 Å². The molecular weight excluding hydrogens is 200 g/mol. The standard InChI is InChI=1S/C10H10O3S/c1-3-8-6-5-7-10(9(8)4-2)14(11,12)13/h3-7H,1-2H2,(H,11,12,13)/p-1. The molecule has 0 N–H and O–H groups in total. The van der Waals surface area contributed by atoms with Crippen LogP contribution in [0.4, 0.5) is 0 Å². The van der Waals surface area contributed by atoms with Crippen LogP contribution in [0.1, 0.15) is 11.1 Å². The molecule has 14 heavy (non-hydrogen) atoms. The molecule has 4 heteroatoms. The Hall–Kier alpha value is -1.39. The average molecular weight is 209 g/mol. The smallest absolute Gasteiger partial charge is 0.125 e. The Labute approximate surface area is 83.1 Å². The van der Waals surface area contributed by atoms with Crippen molar-refractivity contribution in [2.75, 3.05) is 0 Å². The Morgan fingerprint density at radius 1 is 1.21 bits per heavy atom. The van der Waals surface area contributed by atoms with Gasteiger partial charge in [0.15, 0.2) is 0 Å². The summed E-state index contributed by atoms with van der Waals surface area (Å²) in [6, 6.07) is 4.42. The van der Waals surface area contributed by atoms with Crippen LogP contribution in [0.2, 0.25) is 0 Å². The van der Waals surface area contributed by atoms with E-state index >= 15 is 0 Å². The summed E-state index contributed by atoms with van der Waals surface area (Å²) >= 11 is 0. The average Bonchev–Trinajstić information content (AvgIpc) is 2.15. The van der Waals surface area contributed by atoms with Gasteiger partial charge in [-0.05, 0) is 17.2 Å². The molecule has 74 valence electrons. The van der Waals surface area contributed by atoms with E-state index in [4.69, 9.17) is 0 Å². The van der Waals surface area contributed by atoms with Crippen molar-refractivity contribution in [3.05, 3.63) is 42.5 Å². The summed E-state index contributed by atoms with van der Waals surface area (Å²) in [6.07, 6.45) is 2.81. The minimum absolute atomic E-state index is 0.259. The molecule has 0 atom stereocenters. The summed E-state index contributed by atoms with van der Waals surface area (Å²) in [5.41, 5.74) is 0.884. The predicted octanol–water partition coefficient (Wildman–Crippen LogP) is 1.88.